The fraction of sp³-hybridized carbons (Fsp3) is 0.592. The Balaban J connectivity index is 1.34. The van der Waals surface area contributed by atoms with Crippen molar-refractivity contribution in [2.45, 2.75) is 104 Å². The largest absolute Gasteiger partial charge is 0.496 e. The molecule has 9 rings (SSSR count). The van der Waals surface area contributed by atoms with E-state index in [1.165, 1.54) is 32.9 Å². The highest BCUT2D eigenvalue weighted by atomic mass is 32.2. The summed E-state index contributed by atoms with van der Waals surface area (Å²) in [4.78, 5) is 66.8. The first-order chi connectivity index (χ1) is 31.0. The summed E-state index contributed by atoms with van der Waals surface area (Å²) < 4.78 is 24.1. The number of aromatic amines is 1. The molecule has 2 saturated heterocycles. The van der Waals surface area contributed by atoms with E-state index in [1.807, 2.05) is 56.1 Å². The van der Waals surface area contributed by atoms with Gasteiger partial charge in [-0.15, -0.1) is 11.8 Å². The van der Waals surface area contributed by atoms with Crippen molar-refractivity contribution in [1.82, 2.24) is 20.1 Å². The molecule has 2 bridgehead atoms. The van der Waals surface area contributed by atoms with Crippen molar-refractivity contribution in [2.75, 3.05) is 78.8 Å². The highest BCUT2D eigenvalue weighted by Gasteiger charge is 2.80. The molecule has 2 aromatic carbocycles. The van der Waals surface area contributed by atoms with E-state index in [0.717, 1.165) is 26.9 Å². The topological polar surface area (TPSA) is 183 Å². The molecule has 15 nitrogen and oxygen atoms in total. The predicted octanol–water partition coefficient (Wildman–Crippen LogP) is 3.83. The predicted molar refractivity (Wildman–Crippen MR) is 245 cm³/mol. The highest BCUT2D eigenvalue weighted by Crippen LogP contribution is 2.68. The summed E-state index contributed by atoms with van der Waals surface area (Å²) in [5.41, 5.74) is -2.22. The number of ether oxygens (including phenoxy) is 4. The van der Waals surface area contributed by atoms with Gasteiger partial charge in [0.15, 0.2) is 6.10 Å². The molecule has 3 aromatic rings. The van der Waals surface area contributed by atoms with Gasteiger partial charge in [-0.2, -0.15) is 0 Å². The maximum Gasteiger partial charge on any atom is 0.344 e. The average Bonchev–Trinajstić information content (AvgIpc) is 3.96. The van der Waals surface area contributed by atoms with E-state index in [4.69, 9.17) is 18.9 Å². The summed E-state index contributed by atoms with van der Waals surface area (Å²) in [6, 6.07) is 8.77. The molecule has 350 valence electrons. The average molecular weight is 914 g/mol. The molecule has 0 radical (unpaired) electrons. The summed E-state index contributed by atoms with van der Waals surface area (Å²) >= 11 is 1.44. The van der Waals surface area contributed by atoms with Crippen molar-refractivity contribution in [3.05, 3.63) is 64.9 Å². The summed E-state index contributed by atoms with van der Waals surface area (Å²) in [6.45, 7) is 8.37. The number of hydrogen-bond acceptors (Lipinski definition) is 14. The van der Waals surface area contributed by atoms with Crippen LogP contribution in [0, 0.1) is 11.3 Å². The number of fused-ring (bicyclic) bond motifs is 6. The number of hydrogen-bond donors (Lipinski definition) is 4. The molecule has 1 aromatic heterocycles. The molecule has 1 aliphatic carbocycles. The number of anilines is 1. The molecule has 65 heavy (non-hydrogen) atoms. The second-order valence-corrected chi connectivity index (χ2v) is 20.4. The molecular weight excluding hydrogens is 851 g/mol. The number of nitrogens with one attached hydrogen (secondary N) is 2. The number of H-pyrrole nitrogens is 1. The van der Waals surface area contributed by atoms with Gasteiger partial charge < -0.3 is 44.4 Å². The monoisotopic (exact) mass is 913 g/mol. The minimum atomic E-state index is -2.34. The van der Waals surface area contributed by atoms with E-state index in [0.29, 0.717) is 87.5 Å². The van der Waals surface area contributed by atoms with Crippen LogP contribution in [-0.4, -0.2) is 152 Å². The Morgan fingerprint density at radius 1 is 0.969 bits per heavy atom. The summed E-state index contributed by atoms with van der Waals surface area (Å²) in [5.74, 6) is -1.59. The third kappa shape index (κ3) is 6.43. The number of rotatable bonds is 10. The first-order valence-electron chi connectivity index (χ1n) is 22.9. The minimum Gasteiger partial charge on any atom is -0.496 e. The minimum absolute atomic E-state index is 0.0871. The van der Waals surface area contributed by atoms with Gasteiger partial charge in [0.1, 0.15) is 11.2 Å². The van der Waals surface area contributed by atoms with Crippen molar-refractivity contribution in [1.29, 1.82) is 0 Å². The number of aliphatic hydroxyl groups is 2. The van der Waals surface area contributed by atoms with Crippen molar-refractivity contribution in [3.8, 4) is 5.75 Å². The van der Waals surface area contributed by atoms with Crippen LogP contribution in [0.3, 0.4) is 0 Å². The van der Waals surface area contributed by atoms with Crippen LogP contribution in [-0.2, 0) is 50.6 Å². The van der Waals surface area contributed by atoms with Crippen molar-refractivity contribution < 1.29 is 48.3 Å². The van der Waals surface area contributed by atoms with Gasteiger partial charge >= 0.3 is 17.9 Å². The number of benzene rings is 2. The highest BCUT2D eigenvalue weighted by molar-refractivity contribution is 8.00. The number of nitrogens with zero attached hydrogens (tertiary/aromatic N) is 3. The van der Waals surface area contributed by atoms with Crippen molar-refractivity contribution >= 4 is 52.2 Å². The number of esters is 3. The molecule has 10 atom stereocenters. The van der Waals surface area contributed by atoms with Gasteiger partial charge in [0, 0.05) is 103 Å². The first kappa shape index (κ1) is 45.5. The van der Waals surface area contributed by atoms with Crippen molar-refractivity contribution in [3.63, 3.8) is 0 Å². The van der Waals surface area contributed by atoms with Crippen LogP contribution in [0.15, 0.2) is 47.4 Å². The number of methoxy groups -OCH3 is 3. The Bertz CT molecular complexity index is 2480. The van der Waals surface area contributed by atoms with Gasteiger partial charge in [-0.25, -0.2) is 4.79 Å². The molecular formula is C49H63N5O10S. The summed E-state index contributed by atoms with van der Waals surface area (Å²) in [7, 11) is 7.71. The van der Waals surface area contributed by atoms with E-state index in [9.17, 15) is 24.6 Å². The lowest BCUT2D eigenvalue weighted by molar-refractivity contribution is -0.228. The lowest BCUT2D eigenvalue weighted by atomic mass is 9.47. The van der Waals surface area contributed by atoms with Crippen LogP contribution >= 0.6 is 11.8 Å². The van der Waals surface area contributed by atoms with Crippen LogP contribution in [0.2, 0.25) is 0 Å². The zero-order valence-electron chi connectivity index (χ0n) is 38.7. The van der Waals surface area contributed by atoms with Gasteiger partial charge in [0.25, 0.3) is 0 Å². The van der Waals surface area contributed by atoms with E-state index in [2.05, 4.69) is 32.2 Å². The third-order valence-electron chi connectivity index (χ3n) is 16.3. The normalized spacial score (nSPS) is 34.6. The van der Waals surface area contributed by atoms with Gasteiger partial charge in [-0.1, -0.05) is 26.0 Å². The second-order valence-electron chi connectivity index (χ2n) is 19.3. The van der Waals surface area contributed by atoms with Crippen LogP contribution < -0.4 is 15.0 Å². The van der Waals surface area contributed by atoms with E-state index in [1.54, 1.807) is 14.2 Å². The maximum atomic E-state index is 15.6. The summed E-state index contributed by atoms with van der Waals surface area (Å²) in [5, 5.41) is 29.1. The van der Waals surface area contributed by atoms with E-state index in [-0.39, 0.29) is 30.0 Å². The molecule has 5 aliphatic heterocycles. The molecule has 4 N–H and O–H groups in total. The van der Waals surface area contributed by atoms with E-state index < -0.39 is 57.5 Å². The number of thioether (sulfide) groups is 1. The second kappa shape index (κ2) is 16.3. The Labute approximate surface area is 384 Å². The Morgan fingerprint density at radius 2 is 1.74 bits per heavy atom. The van der Waals surface area contributed by atoms with Gasteiger partial charge in [-0.05, 0) is 86.4 Å². The number of carbonyl (C=O) groups excluding carboxylic acids is 4. The van der Waals surface area contributed by atoms with Gasteiger partial charge in [0.05, 0.1) is 38.7 Å². The lowest BCUT2D eigenvalue weighted by Crippen LogP contribution is -2.81. The van der Waals surface area contributed by atoms with Crippen LogP contribution in [0.25, 0.3) is 10.9 Å². The number of piperidine rings is 1. The Hall–Kier alpha value is -4.61. The molecule has 1 saturated carbocycles. The quantitative estimate of drug-likeness (QED) is 0.0997. The van der Waals surface area contributed by atoms with Crippen molar-refractivity contribution in [2.24, 2.45) is 11.3 Å². The fourth-order valence-corrected chi connectivity index (χ4v) is 14.7. The number of likely N-dealkylation sites (N-methyl/N-ethyl adjacent to an activating group) is 1. The molecule has 6 aliphatic rings. The van der Waals surface area contributed by atoms with E-state index >= 15 is 4.79 Å². The number of carbonyl (C=O) groups is 4. The summed E-state index contributed by atoms with van der Waals surface area (Å²) in [6.07, 6.45) is 5.62. The van der Waals surface area contributed by atoms with Gasteiger partial charge in [-0.3, -0.25) is 24.2 Å². The smallest absolute Gasteiger partial charge is 0.344 e. The van der Waals surface area contributed by atoms with Crippen LogP contribution in [0.1, 0.15) is 75.3 Å². The fourth-order valence-electron chi connectivity index (χ4n) is 13.8. The molecule has 16 heteroatoms. The Kier molecular flexibility index (Phi) is 11.4. The SMILES string of the molecule is CC[C@]1(O)C[C@H]2CN(CCc3c([nH]c4ccc(SCC(=O)NC)cc34)[C@@](C(=O)OC)(c3cc4c(cc3OC)N(C)[C@H]3[C@@](O)(C(=O)OC)[C@H](OC(C)=O)[C@]5(CC)C=CCN6CC[C@]43[C@@H]65)C2)C1. The van der Waals surface area contributed by atoms with Crippen LogP contribution in [0.5, 0.6) is 5.75 Å². The third-order valence-corrected chi connectivity index (χ3v) is 17.3. The first-order valence-corrected chi connectivity index (χ1v) is 23.9. The van der Waals surface area contributed by atoms with Crippen LogP contribution in [0.4, 0.5) is 5.69 Å². The number of amides is 1. The zero-order chi connectivity index (χ0) is 46.4. The molecule has 6 heterocycles. The molecule has 1 amide bonds. The maximum absolute atomic E-state index is 15.6. The Morgan fingerprint density at radius 3 is 2.42 bits per heavy atom. The molecule has 1 spiro atoms. The van der Waals surface area contributed by atoms with Gasteiger partial charge in [0.2, 0.25) is 11.5 Å². The standard InChI is InChI=1S/C49H63N5O10S/c1-9-45(59)23-29-24-48(43(57)62-7,39-31(14-18-53(25-29)27-45)32-20-30(12-13-35(32)51-39)65-26-38(56)50-4)34-21-33-36(22-37(34)61-6)52(5)41-47(33)16-19-54-17-11-15-46(10-2,40(47)54)42(64-28(3)55)49(41,60)44(58)63-8/h11-13,15,20-22,29,40-42,51,59-60H,9-10,14,16-19,23-27H2,1-8H3,(H,50,56)/t29-,40+,41-,42-,45+,46-,47-,48+,49+/m1/s1. The molecule has 1 unspecified atom stereocenters. The zero-order valence-corrected chi connectivity index (χ0v) is 39.6. The molecule has 3 fully saturated rings. The number of aromatic nitrogens is 1. The lowest BCUT2D eigenvalue weighted by Gasteiger charge is -2.63.